The molecular formula is C21H15ClO4. The van der Waals surface area contributed by atoms with Crippen molar-refractivity contribution in [3.63, 3.8) is 0 Å². The number of carboxylic acids is 1. The molecule has 0 bridgehead atoms. The molecule has 0 saturated heterocycles. The number of rotatable bonds is 3. The zero-order valence-electron chi connectivity index (χ0n) is 13.7. The Morgan fingerprint density at radius 2 is 1.88 bits per heavy atom. The van der Waals surface area contributed by atoms with Crippen LogP contribution in [0.2, 0.25) is 5.02 Å². The van der Waals surface area contributed by atoms with Crippen LogP contribution >= 0.6 is 11.6 Å². The molecular weight excluding hydrogens is 352 g/mol. The van der Waals surface area contributed by atoms with Gasteiger partial charge in [-0.2, -0.15) is 0 Å². The number of benzene rings is 3. The van der Waals surface area contributed by atoms with Gasteiger partial charge in [-0.25, -0.2) is 4.79 Å². The second-order valence-corrected chi connectivity index (χ2v) is 6.56. The standard InChI is InChI=1S/C21H15ClO4/c22-15-3-1-2-12(11-15)16-5-6-17(23)20(21(24)25)19(16)14-4-7-18-13(10-14)8-9-26-18/h1-7,10-11,23H,8-9H2,(H,24,25). The van der Waals surface area contributed by atoms with Gasteiger partial charge in [-0.3, -0.25) is 0 Å². The van der Waals surface area contributed by atoms with Crippen LogP contribution in [0.15, 0.2) is 54.6 Å². The van der Waals surface area contributed by atoms with Gasteiger partial charge in [-0.05, 0) is 52.6 Å². The summed E-state index contributed by atoms with van der Waals surface area (Å²) in [6.07, 6.45) is 0.775. The fourth-order valence-corrected chi connectivity index (χ4v) is 3.54. The van der Waals surface area contributed by atoms with Crippen LogP contribution < -0.4 is 4.74 Å². The number of hydrogen-bond donors (Lipinski definition) is 2. The fraction of sp³-hybridized carbons (Fsp3) is 0.0952. The van der Waals surface area contributed by atoms with Gasteiger partial charge in [0, 0.05) is 17.0 Å². The van der Waals surface area contributed by atoms with E-state index >= 15 is 0 Å². The van der Waals surface area contributed by atoms with E-state index in [0.717, 1.165) is 28.9 Å². The number of halogens is 1. The Labute approximate surface area is 155 Å². The number of carbonyl (C=O) groups is 1. The van der Waals surface area contributed by atoms with Crippen molar-refractivity contribution in [1.29, 1.82) is 0 Å². The monoisotopic (exact) mass is 366 g/mol. The molecule has 3 aromatic rings. The lowest BCUT2D eigenvalue weighted by molar-refractivity contribution is 0.0694. The maximum absolute atomic E-state index is 11.9. The van der Waals surface area contributed by atoms with Gasteiger partial charge in [0.05, 0.1) is 6.61 Å². The van der Waals surface area contributed by atoms with Crippen LogP contribution in [0.3, 0.4) is 0 Å². The van der Waals surface area contributed by atoms with Crippen LogP contribution in [0.4, 0.5) is 0 Å². The average molecular weight is 367 g/mol. The van der Waals surface area contributed by atoms with E-state index in [-0.39, 0.29) is 11.3 Å². The number of hydrogen-bond acceptors (Lipinski definition) is 3. The van der Waals surface area contributed by atoms with Gasteiger partial charge in [0.2, 0.25) is 0 Å². The van der Waals surface area contributed by atoms with Crippen molar-refractivity contribution < 1.29 is 19.7 Å². The van der Waals surface area contributed by atoms with Crippen molar-refractivity contribution in [1.82, 2.24) is 0 Å². The number of phenols is 1. The van der Waals surface area contributed by atoms with Crippen LogP contribution in [-0.4, -0.2) is 22.8 Å². The molecule has 0 fully saturated rings. The Kier molecular flexibility index (Phi) is 4.05. The summed E-state index contributed by atoms with van der Waals surface area (Å²) in [5.74, 6) is -0.636. The molecule has 130 valence electrons. The molecule has 0 radical (unpaired) electrons. The minimum absolute atomic E-state index is 0.124. The highest BCUT2D eigenvalue weighted by atomic mass is 35.5. The zero-order chi connectivity index (χ0) is 18.3. The van der Waals surface area contributed by atoms with Crippen LogP contribution in [0.5, 0.6) is 11.5 Å². The summed E-state index contributed by atoms with van der Waals surface area (Å²) in [5.41, 5.74) is 3.57. The van der Waals surface area contributed by atoms with Crippen LogP contribution in [0.1, 0.15) is 15.9 Å². The second kappa shape index (κ2) is 6.39. The molecule has 4 nitrogen and oxygen atoms in total. The van der Waals surface area contributed by atoms with Gasteiger partial charge < -0.3 is 14.9 Å². The van der Waals surface area contributed by atoms with Crippen LogP contribution in [0, 0.1) is 0 Å². The van der Waals surface area contributed by atoms with Crippen molar-refractivity contribution >= 4 is 17.6 Å². The van der Waals surface area contributed by atoms with Gasteiger partial charge in [0.25, 0.3) is 0 Å². The summed E-state index contributed by atoms with van der Waals surface area (Å²) in [6.45, 7) is 0.617. The highest BCUT2D eigenvalue weighted by Crippen LogP contribution is 2.41. The van der Waals surface area contributed by atoms with E-state index in [9.17, 15) is 15.0 Å². The molecule has 3 aromatic carbocycles. The Morgan fingerprint density at radius 3 is 2.65 bits per heavy atom. The van der Waals surface area contributed by atoms with E-state index in [2.05, 4.69) is 0 Å². The summed E-state index contributed by atoms with van der Waals surface area (Å²) in [4.78, 5) is 11.9. The molecule has 0 saturated carbocycles. The first-order valence-corrected chi connectivity index (χ1v) is 8.53. The van der Waals surface area contributed by atoms with Gasteiger partial charge in [0.1, 0.15) is 17.1 Å². The first kappa shape index (κ1) is 16.5. The van der Waals surface area contributed by atoms with Crippen LogP contribution in [-0.2, 0) is 6.42 Å². The maximum atomic E-state index is 11.9. The molecule has 26 heavy (non-hydrogen) atoms. The number of fused-ring (bicyclic) bond motifs is 1. The SMILES string of the molecule is O=C(O)c1c(O)ccc(-c2cccc(Cl)c2)c1-c1ccc2c(c1)CCO2. The average Bonchev–Trinajstić information content (AvgIpc) is 3.08. The Balaban J connectivity index is 2.02. The van der Waals surface area contributed by atoms with Gasteiger partial charge >= 0.3 is 5.97 Å². The fourth-order valence-electron chi connectivity index (χ4n) is 3.35. The minimum atomic E-state index is -1.18. The highest BCUT2D eigenvalue weighted by molar-refractivity contribution is 6.30. The summed E-state index contributed by atoms with van der Waals surface area (Å²) in [6, 6.07) is 15.9. The van der Waals surface area contributed by atoms with Gasteiger partial charge in [-0.15, -0.1) is 0 Å². The maximum Gasteiger partial charge on any atom is 0.340 e. The highest BCUT2D eigenvalue weighted by Gasteiger charge is 2.23. The summed E-state index contributed by atoms with van der Waals surface area (Å²) < 4.78 is 5.54. The Hall–Kier alpha value is -2.98. The van der Waals surface area contributed by atoms with E-state index in [1.165, 1.54) is 6.07 Å². The molecule has 1 aliphatic rings. The van der Waals surface area contributed by atoms with Crippen molar-refractivity contribution in [2.45, 2.75) is 6.42 Å². The lowest BCUT2D eigenvalue weighted by Crippen LogP contribution is -2.02. The van der Waals surface area contributed by atoms with E-state index in [1.54, 1.807) is 18.2 Å². The van der Waals surface area contributed by atoms with Crippen LogP contribution in [0.25, 0.3) is 22.3 Å². The Morgan fingerprint density at radius 1 is 1.04 bits per heavy atom. The summed E-state index contributed by atoms with van der Waals surface area (Å²) in [5, 5.41) is 20.5. The molecule has 2 N–H and O–H groups in total. The van der Waals surface area contributed by atoms with Gasteiger partial charge in [0.15, 0.2) is 0 Å². The van der Waals surface area contributed by atoms with E-state index in [1.807, 2.05) is 30.3 Å². The molecule has 0 spiro atoms. The first-order valence-electron chi connectivity index (χ1n) is 8.16. The lowest BCUT2D eigenvalue weighted by atomic mass is 9.89. The molecule has 0 aromatic heterocycles. The van der Waals surface area contributed by atoms with E-state index < -0.39 is 5.97 Å². The third-order valence-corrected chi connectivity index (χ3v) is 4.75. The smallest absolute Gasteiger partial charge is 0.340 e. The molecule has 0 amide bonds. The predicted octanol–water partition coefficient (Wildman–Crippen LogP) is 5.01. The molecule has 4 rings (SSSR count). The third-order valence-electron chi connectivity index (χ3n) is 4.51. The lowest BCUT2D eigenvalue weighted by Gasteiger charge is -2.16. The quantitative estimate of drug-likeness (QED) is 0.683. The number of aromatic hydroxyl groups is 1. The number of ether oxygens (including phenoxy) is 1. The molecule has 5 heteroatoms. The number of carboxylic acid groups (broad SMARTS) is 1. The van der Waals surface area contributed by atoms with E-state index in [0.29, 0.717) is 22.8 Å². The minimum Gasteiger partial charge on any atom is -0.507 e. The molecule has 1 aliphatic heterocycles. The third kappa shape index (κ3) is 2.78. The summed E-state index contributed by atoms with van der Waals surface area (Å²) >= 11 is 6.12. The predicted molar refractivity (Wildman–Crippen MR) is 100 cm³/mol. The molecule has 0 unspecified atom stereocenters. The van der Waals surface area contributed by atoms with Crippen molar-refractivity contribution in [3.05, 3.63) is 70.7 Å². The van der Waals surface area contributed by atoms with Gasteiger partial charge in [-0.1, -0.05) is 35.9 Å². The largest absolute Gasteiger partial charge is 0.507 e. The Bertz CT molecular complexity index is 1030. The van der Waals surface area contributed by atoms with Crippen molar-refractivity contribution in [3.8, 4) is 33.8 Å². The van der Waals surface area contributed by atoms with Crippen molar-refractivity contribution in [2.24, 2.45) is 0 Å². The molecule has 0 atom stereocenters. The topological polar surface area (TPSA) is 66.8 Å². The molecule has 0 aliphatic carbocycles. The van der Waals surface area contributed by atoms with E-state index in [4.69, 9.17) is 16.3 Å². The second-order valence-electron chi connectivity index (χ2n) is 6.12. The normalized spacial score (nSPS) is 12.5. The summed E-state index contributed by atoms with van der Waals surface area (Å²) in [7, 11) is 0. The first-order chi connectivity index (χ1) is 12.5. The van der Waals surface area contributed by atoms with Crippen molar-refractivity contribution in [2.75, 3.05) is 6.61 Å². The molecule has 1 heterocycles. The number of aromatic carboxylic acids is 1. The zero-order valence-corrected chi connectivity index (χ0v) is 14.5.